The van der Waals surface area contributed by atoms with Crippen LogP contribution in [-0.2, 0) is 4.79 Å². The molecule has 0 radical (unpaired) electrons. The maximum absolute atomic E-state index is 11.7. The highest BCUT2D eigenvalue weighted by Gasteiger charge is 2.41. The van der Waals surface area contributed by atoms with Crippen molar-refractivity contribution in [3.63, 3.8) is 0 Å². The molecule has 2 fully saturated rings. The highest BCUT2D eigenvalue weighted by molar-refractivity contribution is 5.87. The van der Waals surface area contributed by atoms with Gasteiger partial charge in [-0.1, -0.05) is 0 Å². The van der Waals surface area contributed by atoms with Gasteiger partial charge in [0.1, 0.15) is 5.82 Å². The normalized spacial score (nSPS) is 25.9. The molecule has 6 nitrogen and oxygen atoms in total. The van der Waals surface area contributed by atoms with E-state index in [1.54, 1.807) is 12.1 Å². The van der Waals surface area contributed by atoms with E-state index in [0.717, 1.165) is 25.2 Å². The molecule has 1 amide bonds. The Balaban J connectivity index is 1.85. The number of pyridine rings is 1. The van der Waals surface area contributed by atoms with Crippen LogP contribution in [0.2, 0.25) is 0 Å². The third-order valence-electron chi connectivity index (χ3n) is 3.89. The van der Waals surface area contributed by atoms with Crippen molar-refractivity contribution in [1.82, 2.24) is 10.3 Å². The number of nitrogens with one attached hydrogen (secondary N) is 1. The number of piperidine rings is 1. The van der Waals surface area contributed by atoms with Gasteiger partial charge in [0.05, 0.1) is 17.5 Å². The van der Waals surface area contributed by atoms with Crippen molar-refractivity contribution < 1.29 is 14.7 Å². The Kier molecular flexibility index (Phi) is 2.85. The van der Waals surface area contributed by atoms with E-state index in [1.807, 2.05) is 0 Å². The van der Waals surface area contributed by atoms with Crippen LogP contribution >= 0.6 is 0 Å². The maximum atomic E-state index is 11.7. The van der Waals surface area contributed by atoms with Gasteiger partial charge >= 0.3 is 5.97 Å². The summed E-state index contributed by atoms with van der Waals surface area (Å²) in [6.45, 7) is 1.50. The molecule has 100 valence electrons. The van der Waals surface area contributed by atoms with Gasteiger partial charge < -0.3 is 15.3 Å². The predicted octanol–water partition coefficient (Wildman–Crippen LogP) is 0.495. The monoisotopic (exact) mass is 261 g/mol. The molecule has 2 aliphatic rings. The average Bonchev–Trinajstić information content (AvgIpc) is 2.81. The minimum Gasteiger partial charge on any atom is -0.478 e. The first-order valence-corrected chi connectivity index (χ1v) is 6.40. The van der Waals surface area contributed by atoms with Gasteiger partial charge in [-0.25, -0.2) is 9.78 Å². The van der Waals surface area contributed by atoms with Crippen LogP contribution in [0.25, 0.3) is 0 Å². The predicted molar refractivity (Wildman–Crippen MR) is 68.1 cm³/mol. The van der Waals surface area contributed by atoms with Gasteiger partial charge in [0.15, 0.2) is 0 Å². The molecule has 1 aromatic rings. The average molecular weight is 261 g/mol. The smallest absolute Gasteiger partial charge is 0.337 e. The van der Waals surface area contributed by atoms with Gasteiger partial charge in [-0.2, -0.15) is 0 Å². The third-order valence-corrected chi connectivity index (χ3v) is 3.89. The van der Waals surface area contributed by atoms with E-state index in [1.165, 1.54) is 6.20 Å². The highest BCUT2D eigenvalue weighted by Crippen LogP contribution is 2.30. The van der Waals surface area contributed by atoms with Gasteiger partial charge in [0.2, 0.25) is 5.91 Å². The number of carbonyl (C=O) groups excluding carboxylic acids is 1. The number of hydrogen-bond acceptors (Lipinski definition) is 4. The number of carboxylic acids is 1. The molecule has 6 heteroatoms. The minimum atomic E-state index is -0.978. The van der Waals surface area contributed by atoms with E-state index in [9.17, 15) is 9.59 Å². The Morgan fingerprint density at radius 1 is 1.47 bits per heavy atom. The number of carbonyl (C=O) groups is 2. The molecule has 3 rings (SSSR count). The Hall–Kier alpha value is -2.11. The molecule has 0 bridgehead atoms. The summed E-state index contributed by atoms with van der Waals surface area (Å²) in [6.07, 6.45) is 3.24. The van der Waals surface area contributed by atoms with Crippen molar-refractivity contribution in [2.24, 2.45) is 5.92 Å². The minimum absolute atomic E-state index is 0.0368. The standard InChI is InChI=1S/C13H15N3O3/c17-12-9-2-1-5-16(10(9)7-15-12)11-4-3-8(6-14-11)13(18)19/h3-4,6,9-10H,1-2,5,7H2,(H,15,17)(H,18,19). The van der Waals surface area contributed by atoms with Crippen molar-refractivity contribution in [2.75, 3.05) is 18.0 Å². The van der Waals surface area contributed by atoms with Crippen LogP contribution in [0.1, 0.15) is 23.2 Å². The topological polar surface area (TPSA) is 82.5 Å². The van der Waals surface area contributed by atoms with E-state index in [2.05, 4.69) is 15.2 Å². The lowest BCUT2D eigenvalue weighted by atomic mass is 9.91. The fraction of sp³-hybridized carbons (Fsp3) is 0.462. The van der Waals surface area contributed by atoms with E-state index in [-0.39, 0.29) is 23.4 Å². The zero-order valence-corrected chi connectivity index (χ0v) is 10.4. The van der Waals surface area contributed by atoms with Gasteiger partial charge in [-0.15, -0.1) is 0 Å². The second kappa shape index (κ2) is 4.53. The van der Waals surface area contributed by atoms with E-state index >= 15 is 0 Å². The largest absolute Gasteiger partial charge is 0.478 e. The lowest BCUT2D eigenvalue weighted by Gasteiger charge is -2.36. The van der Waals surface area contributed by atoms with Crippen LogP contribution in [0, 0.1) is 5.92 Å². The van der Waals surface area contributed by atoms with Gasteiger partial charge in [0.25, 0.3) is 0 Å². The summed E-state index contributed by atoms with van der Waals surface area (Å²) in [5.74, 6) is -0.0731. The van der Waals surface area contributed by atoms with Crippen molar-refractivity contribution in [3.05, 3.63) is 23.9 Å². The molecule has 0 spiro atoms. The molecule has 19 heavy (non-hydrogen) atoms. The van der Waals surface area contributed by atoms with Gasteiger partial charge in [-0.05, 0) is 25.0 Å². The molecule has 2 aliphatic heterocycles. The lowest BCUT2D eigenvalue weighted by Crippen LogP contribution is -2.46. The number of nitrogens with zero attached hydrogens (tertiary/aromatic N) is 2. The SMILES string of the molecule is O=C(O)c1ccc(N2CCCC3C(=O)NCC32)nc1. The summed E-state index contributed by atoms with van der Waals surface area (Å²) >= 11 is 0. The highest BCUT2D eigenvalue weighted by atomic mass is 16.4. The fourth-order valence-corrected chi connectivity index (χ4v) is 2.92. The second-order valence-corrected chi connectivity index (χ2v) is 4.96. The molecule has 0 aliphatic carbocycles. The molecular weight excluding hydrogens is 246 g/mol. The number of hydrogen-bond donors (Lipinski definition) is 2. The summed E-state index contributed by atoms with van der Waals surface area (Å²) in [7, 11) is 0. The molecule has 1 aromatic heterocycles. The van der Waals surface area contributed by atoms with Gasteiger partial charge in [-0.3, -0.25) is 4.79 Å². The van der Waals surface area contributed by atoms with Crippen LogP contribution in [0.5, 0.6) is 0 Å². The number of aromatic carboxylic acids is 1. The first-order valence-electron chi connectivity index (χ1n) is 6.40. The Morgan fingerprint density at radius 3 is 3.00 bits per heavy atom. The number of fused-ring (bicyclic) bond motifs is 1. The van der Waals surface area contributed by atoms with E-state index < -0.39 is 5.97 Å². The molecular formula is C13H15N3O3. The third kappa shape index (κ3) is 2.03. The number of anilines is 1. The molecule has 0 saturated carbocycles. The Bertz CT molecular complexity index is 514. The molecule has 2 atom stereocenters. The summed E-state index contributed by atoms with van der Waals surface area (Å²) in [5, 5.41) is 11.8. The van der Waals surface area contributed by atoms with Crippen molar-refractivity contribution in [2.45, 2.75) is 18.9 Å². The number of carboxylic acid groups (broad SMARTS) is 1. The van der Waals surface area contributed by atoms with E-state index in [0.29, 0.717) is 6.54 Å². The van der Waals surface area contributed by atoms with Crippen LogP contribution < -0.4 is 10.2 Å². The summed E-state index contributed by atoms with van der Waals surface area (Å²) in [6, 6.07) is 3.41. The first kappa shape index (κ1) is 12.0. The van der Waals surface area contributed by atoms with Crippen molar-refractivity contribution >= 4 is 17.7 Å². The van der Waals surface area contributed by atoms with Crippen molar-refractivity contribution in [3.8, 4) is 0 Å². The Labute approximate surface area is 110 Å². The zero-order chi connectivity index (χ0) is 13.4. The molecule has 2 unspecified atom stereocenters. The summed E-state index contributed by atoms with van der Waals surface area (Å²) in [5.41, 5.74) is 0.179. The molecule has 2 saturated heterocycles. The quantitative estimate of drug-likeness (QED) is 0.809. The number of amides is 1. The van der Waals surface area contributed by atoms with Crippen LogP contribution in [0.3, 0.4) is 0 Å². The van der Waals surface area contributed by atoms with Crippen molar-refractivity contribution in [1.29, 1.82) is 0 Å². The molecule has 3 heterocycles. The lowest BCUT2D eigenvalue weighted by molar-refractivity contribution is -0.123. The van der Waals surface area contributed by atoms with E-state index in [4.69, 9.17) is 5.11 Å². The first-order chi connectivity index (χ1) is 9.16. The zero-order valence-electron chi connectivity index (χ0n) is 10.4. The molecule has 0 aromatic carbocycles. The fourth-order valence-electron chi connectivity index (χ4n) is 2.92. The number of aromatic nitrogens is 1. The van der Waals surface area contributed by atoms with Crippen LogP contribution in [0.15, 0.2) is 18.3 Å². The summed E-state index contributed by atoms with van der Waals surface area (Å²) in [4.78, 5) is 28.8. The summed E-state index contributed by atoms with van der Waals surface area (Å²) < 4.78 is 0. The molecule has 2 N–H and O–H groups in total. The van der Waals surface area contributed by atoms with Crippen LogP contribution in [0.4, 0.5) is 5.82 Å². The number of rotatable bonds is 2. The second-order valence-electron chi connectivity index (χ2n) is 4.96. The van der Waals surface area contributed by atoms with Crippen LogP contribution in [-0.4, -0.2) is 41.1 Å². The maximum Gasteiger partial charge on any atom is 0.337 e. The van der Waals surface area contributed by atoms with Gasteiger partial charge in [0, 0.05) is 19.3 Å². The Morgan fingerprint density at radius 2 is 2.32 bits per heavy atom.